The number of aromatic hydroxyl groups is 2. The lowest BCUT2D eigenvalue weighted by Gasteiger charge is -2.30. The van der Waals surface area contributed by atoms with Gasteiger partial charge in [0, 0.05) is 12.0 Å². The highest BCUT2D eigenvalue weighted by atomic mass is 16.5. The van der Waals surface area contributed by atoms with E-state index in [1.54, 1.807) is 25.1 Å². The van der Waals surface area contributed by atoms with Crippen LogP contribution < -0.4 is 10.2 Å². The van der Waals surface area contributed by atoms with E-state index in [9.17, 15) is 20.1 Å². The van der Waals surface area contributed by atoms with E-state index < -0.39 is 17.1 Å². The van der Waals surface area contributed by atoms with Crippen molar-refractivity contribution in [2.45, 2.75) is 38.9 Å². The fraction of sp³-hybridized carbons (Fsp3) is 0.240. The highest BCUT2D eigenvalue weighted by Crippen LogP contribution is 2.45. The van der Waals surface area contributed by atoms with Crippen molar-refractivity contribution < 1.29 is 24.5 Å². The Bertz CT molecular complexity index is 1280. The zero-order chi connectivity index (χ0) is 22.5. The average Bonchev–Trinajstić information content (AvgIpc) is 2.70. The number of hydrogen-bond acceptors (Lipinski definition) is 6. The normalized spacial score (nSPS) is 15.4. The largest absolute Gasteiger partial charge is 0.508 e. The quantitative estimate of drug-likeness (QED) is 0.536. The fourth-order valence-electron chi connectivity index (χ4n) is 3.65. The van der Waals surface area contributed by atoms with Crippen LogP contribution in [-0.2, 0) is 6.42 Å². The predicted octanol–water partition coefficient (Wildman–Crippen LogP) is 4.53. The van der Waals surface area contributed by atoms with Gasteiger partial charge in [-0.1, -0.05) is 24.3 Å². The Balaban J connectivity index is 2.03. The average molecular weight is 420 g/mol. The van der Waals surface area contributed by atoms with Crippen molar-refractivity contribution in [1.82, 2.24) is 0 Å². The van der Waals surface area contributed by atoms with E-state index in [1.165, 1.54) is 18.4 Å². The van der Waals surface area contributed by atoms with E-state index >= 15 is 0 Å². The van der Waals surface area contributed by atoms with Gasteiger partial charge in [0.1, 0.15) is 34.5 Å². The molecule has 1 atom stereocenters. The van der Waals surface area contributed by atoms with Crippen molar-refractivity contribution in [3.63, 3.8) is 0 Å². The number of aliphatic hydroxyl groups excluding tert-OH is 1. The Morgan fingerprint density at radius 1 is 1.19 bits per heavy atom. The van der Waals surface area contributed by atoms with Crippen LogP contribution in [0.25, 0.3) is 28.2 Å². The van der Waals surface area contributed by atoms with Gasteiger partial charge in [0.2, 0.25) is 5.43 Å². The smallest absolute Gasteiger partial charge is 0.204 e. The lowest BCUT2D eigenvalue weighted by molar-refractivity contribution is 0.153. The summed E-state index contributed by atoms with van der Waals surface area (Å²) < 4.78 is 11.9. The highest BCUT2D eigenvalue weighted by molar-refractivity contribution is 5.97. The third-order valence-electron chi connectivity index (χ3n) is 5.44. The molecule has 0 bridgehead atoms. The molecule has 0 amide bonds. The standard InChI is InChI=1S/C25H24O6/c1-13(2)19(27)11-17-21(28)20-22(29)18(14-5-7-15(26)8-6-14)12-30-24(20)16-9-10-25(3,4)31-23(16)17/h5-10,12,19,26-28H,1,11H2,2-4H3/t19-/m0/s1. The van der Waals surface area contributed by atoms with Gasteiger partial charge >= 0.3 is 0 Å². The highest BCUT2D eigenvalue weighted by Gasteiger charge is 2.31. The number of hydrogen-bond donors (Lipinski definition) is 3. The molecule has 1 aliphatic rings. The molecule has 0 radical (unpaired) electrons. The lowest BCUT2D eigenvalue weighted by atomic mass is 9.92. The summed E-state index contributed by atoms with van der Waals surface area (Å²) in [6.45, 7) is 9.21. The Labute approximate surface area is 179 Å². The van der Waals surface area contributed by atoms with E-state index in [4.69, 9.17) is 9.15 Å². The molecule has 1 aliphatic heterocycles. The van der Waals surface area contributed by atoms with Crippen molar-refractivity contribution >= 4 is 17.0 Å². The molecule has 0 saturated heterocycles. The Morgan fingerprint density at radius 2 is 1.87 bits per heavy atom. The van der Waals surface area contributed by atoms with Crippen LogP contribution in [0, 0.1) is 0 Å². The first-order valence-corrected chi connectivity index (χ1v) is 9.93. The van der Waals surface area contributed by atoms with Crippen molar-refractivity contribution in [2.24, 2.45) is 0 Å². The fourth-order valence-corrected chi connectivity index (χ4v) is 3.65. The summed E-state index contributed by atoms with van der Waals surface area (Å²) in [7, 11) is 0. The third kappa shape index (κ3) is 3.59. The molecule has 0 aliphatic carbocycles. The summed E-state index contributed by atoms with van der Waals surface area (Å²) in [6.07, 6.45) is 4.11. The SMILES string of the molecule is C=C(C)[C@@H](O)Cc1c2c(c3occ(-c4ccc(O)cc4)c(=O)c3c1O)C=CC(C)(C)O2. The molecule has 0 spiro atoms. The minimum Gasteiger partial charge on any atom is -0.508 e. The number of phenols is 2. The van der Waals surface area contributed by atoms with Crippen LogP contribution >= 0.6 is 0 Å². The van der Waals surface area contributed by atoms with Gasteiger partial charge in [-0.05, 0) is 50.6 Å². The molecule has 2 aromatic carbocycles. The molecule has 4 rings (SSSR count). The maximum atomic E-state index is 13.4. The number of ether oxygens (including phenoxy) is 1. The molecular formula is C25H24O6. The van der Waals surface area contributed by atoms with E-state index in [2.05, 4.69) is 6.58 Å². The van der Waals surface area contributed by atoms with Crippen LogP contribution in [0.4, 0.5) is 0 Å². The molecule has 6 nitrogen and oxygen atoms in total. The number of benzene rings is 2. The summed E-state index contributed by atoms with van der Waals surface area (Å²) in [4.78, 5) is 13.4. The maximum absolute atomic E-state index is 13.4. The molecule has 0 saturated carbocycles. The molecule has 31 heavy (non-hydrogen) atoms. The predicted molar refractivity (Wildman–Crippen MR) is 120 cm³/mol. The monoisotopic (exact) mass is 420 g/mol. The molecule has 0 unspecified atom stereocenters. The minimum absolute atomic E-state index is 0.0150. The second kappa shape index (κ2) is 7.32. The lowest BCUT2D eigenvalue weighted by Crippen LogP contribution is -2.29. The number of aliphatic hydroxyl groups is 1. The molecule has 0 fully saturated rings. The van der Waals surface area contributed by atoms with Crippen LogP contribution in [0.3, 0.4) is 0 Å². The molecule has 160 valence electrons. The van der Waals surface area contributed by atoms with Gasteiger partial charge in [0.15, 0.2) is 5.58 Å². The van der Waals surface area contributed by atoms with Crippen molar-refractivity contribution in [3.8, 4) is 28.4 Å². The molecule has 6 heteroatoms. The van der Waals surface area contributed by atoms with Gasteiger partial charge in [0.05, 0.1) is 17.2 Å². The van der Waals surface area contributed by atoms with Crippen molar-refractivity contribution in [2.75, 3.05) is 0 Å². The number of rotatable bonds is 4. The number of fused-ring (bicyclic) bond motifs is 3. The summed E-state index contributed by atoms with van der Waals surface area (Å²) in [5.74, 6) is 0.166. The Kier molecular flexibility index (Phi) is 4.90. The maximum Gasteiger partial charge on any atom is 0.204 e. The summed E-state index contributed by atoms with van der Waals surface area (Å²) in [5, 5.41) is 31.1. The third-order valence-corrected chi connectivity index (χ3v) is 5.44. The van der Waals surface area contributed by atoms with Crippen LogP contribution in [0.5, 0.6) is 17.2 Å². The summed E-state index contributed by atoms with van der Waals surface area (Å²) >= 11 is 0. The number of phenolic OH excluding ortho intramolecular Hbond substituents is 2. The second-order valence-electron chi connectivity index (χ2n) is 8.40. The molecule has 3 aromatic rings. The molecule has 3 N–H and O–H groups in total. The zero-order valence-electron chi connectivity index (χ0n) is 17.6. The van der Waals surface area contributed by atoms with E-state index in [0.29, 0.717) is 28.0 Å². The first-order chi connectivity index (χ1) is 14.6. The molecule has 1 aromatic heterocycles. The van der Waals surface area contributed by atoms with Gasteiger partial charge < -0.3 is 24.5 Å². The van der Waals surface area contributed by atoms with Crippen LogP contribution in [0.15, 0.2) is 58.0 Å². The first-order valence-electron chi connectivity index (χ1n) is 9.93. The van der Waals surface area contributed by atoms with Gasteiger partial charge in [-0.3, -0.25) is 4.79 Å². The van der Waals surface area contributed by atoms with E-state index in [1.807, 2.05) is 19.9 Å². The van der Waals surface area contributed by atoms with Gasteiger partial charge in [-0.15, -0.1) is 0 Å². The van der Waals surface area contributed by atoms with Crippen LogP contribution in [0.1, 0.15) is 31.9 Å². The van der Waals surface area contributed by atoms with Crippen molar-refractivity contribution in [3.05, 3.63) is 70.1 Å². The second-order valence-corrected chi connectivity index (χ2v) is 8.40. The molecular weight excluding hydrogens is 396 g/mol. The van der Waals surface area contributed by atoms with Crippen LogP contribution in [-0.4, -0.2) is 27.0 Å². The zero-order valence-corrected chi connectivity index (χ0v) is 17.6. The Morgan fingerprint density at radius 3 is 2.52 bits per heavy atom. The van der Waals surface area contributed by atoms with Gasteiger partial charge in [-0.25, -0.2) is 0 Å². The minimum atomic E-state index is -0.919. The van der Waals surface area contributed by atoms with E-state index in [0.717, 1.165) is 0 Å². The summed E-state index contributed by atoms with van der Waals surface area (Å²) in [6, 6.07) is 6.14. The van der Waals surface area contributed by atoms with Gasteiger partial charge in [0.25, 0.3) is 0 Å². The first kappa shape index (κ1) is 20.8. The van der Waals surface area contributed by atoms with Crippen molar-refractivity contribution in [1.29, 1.82) is 0 Å². The Hall–Kier alpha value is -3.51. The topological polar surface area (TPSA) is 100 Å². The summed E-state index contributed by atoms with van der Waals surface area (Å²) in [5.41, 5.74) is 1.33. The van der Waals surface area contributed by atoms with Gasteiger partial charge in [-0.2, -0.15) is 0 Å². The van der Waals surface area contributed by atoms with E-state index in [-0.39, 0.29) is 34.5 Å². The molecule has 2 heterocycles. The van der Waals surface area contributed by atoms with Crippen LogP contribution in [0.2, 0.25) is 0 Å².